The molecule has 6 rings (SSSR count). The number of carbonyl (C=O) groups excluding carboxylic acids is 4. The molecule has 1 aliphatic heterocycles. The molecule has 3 aliphatic carbocycles. The molecule has 0 unspecified atom stereocenters. The van der Waals surface area contributed by atoms with Crippen LogP contribution in [0.2, 0.25) is 0 Å². The first kappa shape index (κ1) is 20.4. The Kier molecular flexibility index (Phi) is 4.62. The van der Waals surface area contributed by atoms with E-state index in [1.54, 1.807) is 67.6 Å². The van der Waals surface area contributed by atoms with E-state index in [0.29, 0.717) is 24.1 Å². The van der Waals surface area contributed by atoms with Crippen molar-refractivity contribution in [1.29, 1.82) is 0 Å². The van der Waals surface area contributed by atoms with Crippen LogP contribution in [0.15, 0.2) is 72.8 Å². The number of para-hydroxylation sites is 1. The van der Waals surface area contributed by atoms with Crippen molar-refractivity contribution in [1.82, 2.24) is 0 Å². The van der Waals surface area contributed by atoms with Crippen LogP contribution in [0.1, 0.15) is 30.1 Å². The van der Waals surface area contributed by atoms with Crippen molar-refractivity contribution < 1.29 is 23.9 Å². The first-order valence-corrected chi connectivity index (χ1v) is 10.9. The summed E-state index contributed by atoms with van der Waals surface area (Å²) in [6.45, 7) is 1.75. The second kappa shape index (κ2) is 7.26. The van der Waals surface area contributed by atoms with E-state index in [0.717, 1.165) is 0 Å². The van der Waals surface area contributed by atoms with Crippen LogP contribution >= 0.6 is 0 Å². The van der Waals surface area contributed by atoms with Gasteiger partial charge in [0.1, 0.15) is 5.41 Å². The number of anilines is 1. The van der Waals surface area contributed by atoms with Crippen molar-refractivity contribution in [3.8, 4) is 0 Å². The largest absolute Gasteiger partial charge is 0.464 e. The van der Waals surface area contributed by atoms with Gasteiger partial charge in [-0.2, -0.15) is 0 Å². The quantitative estimate of drug-likeness (QED) is 0.239. The Labute approximate surface area is 185 Å². The second-order valence-electron chi connectivity index (χ2n) is 8.47. The molecular weight excluding hydrogens is 406 g/mol. The Morgan fingerprint density at radius 2 is 1.53 bits per heavy atom. The number of amides is 1. The smallest absolute Gasteiger partial charge is 0.334 e. The van der Waals surface area contributed by atoms with Crippen molar-refractivity contribution in [3.05, 3.63) is 78.4 Å². The standard InChI is InChI=1S/C26H23NO5/c1-2-32-24(31)26-19-15-13-18(14-16-19)25(26,21(28)17-9-5-3-6-10-17)22(29)23(30)27(26)20-11-7-4-8-12-20/h3-13,15,18-19H,2,14,16H2,1H3/t18-,19+,25+,26+/m1/s1. The zero-order chi connectivity index (χ0) is 22.5. The molecule has 2 fully saturated rings. The molecule has 2 bridgehead atoms. The Hall–Kier alpha value is -3.54. The van der Waals surface area contributed by atoms with E-state index in [9.17, 15) is 19.2 Å². The monoisotopic (exact) mass is 429 g/mol. The number of nitrogens with zero attached hydrogens (tertiary/aromatic N) is 1. The van der Waals surface area contributed by atoms with Crippen LogP contribution in [0.5, 0.6) is 0 Å². The average molecular weight is 429 g/mol. The summed E-state index contributed by atoms with van der Waals surface area (Å²) in [5, 5.41) is 0. The number of hydrogen-bond donors (Lipinski definition) is 0. The number of allylic oxidation sites excluding steroid dienone is 1. The lowest BCUT2D eigenvalue weighted by Crippen LogP contribution is -2.73. The minimum absolute atomic E-state index is 0.0717. The van der Waals surface area contributed by atoms with Crippen LogP contribution in [0.25, 0.3) is 0 Å². The van der Waals surface area contributed by atoms with Gasteiger partial charge >= 0.3 is 5.97 Å². The molecule has 2 aromatic rings. The minimum atomic E-state index is -1.87. The van der Waals surface area contributed by atoms with Crippen LogP contribution in [-0.2, 0) is 19.1 Å². The van der Waals surface area contributed by atoms with Gasteiger partial charge in [0.2, 0.25) is 5.78 Å². The summed E-state index contributed by atoms with van der Waals surface area (Å²) in [4.78, 5) is 56.9. The van der Waals surface area contributed by atoms with E-state index in [1.807, 2.05) is 12.2 Å². The Morgan fingerprint density at radius 3 is 2.12 bits per heavy atom. The predicted molar refractivity (Wildman–Crippen MR) is 117 cm³/mol. The van der Waals surface area contributed by atoms with Crippen LogP contribution in [0.4, 0.5) is 5.69 Å². The highest BCUT2D eigenvalue weighted by Gasteiger charge is 2.82. The molecule has 1 saturated carbocycles. The molecule has 0 N–H and O–H groups in total. The molecule has 0 aromatic heterocycles. The summed E-state index contributed by atoms with van der Waals surface area (Å²) >= 11 is 0. The fourth-order valence-corrected chi connectivity index (χ4v) is 6.02. The summed E-state index contributed by atoms with van der Waals surface area (Å²) in [6, 6.07) is 17.1. The third kappa shape index (κ3) is 2.29. The summed E-state index contributed by atoms with van der Waals surface area (Å²) in [7, 11) is 0. The van der Waals surface area contributed by atoms with E-state index in [4.69, 9.17) is 4.74 Å². The fourth-order valence-electron chi connectivity index (χ4n) is 6.02. The number of fused-ring (bicyclic) bond motifs is 1. The van der Waals surface area contributed by atoms with Crippen molar-refractivity contribution >= 4 is 29.1 Å². The van der Waals surface area contributed by atoms with Crippen molar-refractivity contribution in [3.63, 3.8) is 0 Å². The SMILES string of the molecule is CCOC(=O)[C@@]12[C@H]3C=C[C@H](CC3)[C@]1(C(=O)c1ccccc1)C(=O)C(=O)N2c1ccccc1. The normalized spacial score (nSPS) is 30.3. The molecule has 2 aromatic carbocycles. The van der Waals surface area contributed by atoms with E-state index in [-0.39, 0.29) is 6.61 Å². The topological polar surface area (TPSA) is 80.8 Å². The number of carbonyl (C=O) groups is 4. The number of ether oxygens (including phenoxy) is 1. The van der Waals surface area contributed by atoms with Crippen LogP contribution < -0.4 is 4.90 Å². The zero-order valence-electron chi connectivity index (χ0n) is 17.7. The highest BCUT2D eigenvalue weighted by Crippen LogP contribution is 2.64. The summed E-state index contributed by atoms with van der Waals surface area (Å²) in [6.07, 6.45) is 4.84. The number of rotatable bonds is 5. The van der Waals surface area contributed by atoms with Gasteiger partial charge in [0.05, 0.1) is 6.61 Å². The number of esters is 1. The molecule has 162 valence electrons. The summed E-state index contributed by atoms with van der Waals surface area (Å²) in [5.41, 5.74) is -2.92. The van der Waals surface area contributed by atoms with Gasteiger partial charge in [-0.15, -0.1) is 0 Å². The van der Waals surface area contributed by atoms with Gasteiger partial charge in [-0.3, -0.25) is 19.3 Å². The zero-order valence-corrected chi connectivity index (χ0v) is 17.7. The molecule has 1 heterocycles. The van der Waals surface area contributed by atoms with Gasteiger partial charge in [0.15, 0.2) is 11.3 Å². The van der Waals surface area contributed by atoms with Crippen LogP contribution in [0.3, 0.4) is 0 Å². The Morgan fingerprint density at radius 1 is 0.938 bits per heavy atom. The third-order valence-electron chi connectivity index (χ3n) is 7.16. The van der Waals surface area contributed by atoms with Gasteiger partial charge in [0.25, 0.3) is 5.91 Å². The molecular formula is C26H23NO5. The highest BCUT2D eigenvalue weighted by molar-refractivity contribution is 6.53. The van der Waals surface area contributed by atoms with E-state index in [2.05, 4.69) is 0 Å². The van der Waals surface area contributed by atoms with Crippen LogP contribution in [-0.4, -0.2) is 35.6 Å². The van der Waals surface area contributed by atoms with Gasteiger partial charge in [-0.25, -0.2) is 4.79 Å². The van der Waals surface area contributed by atoms with E-state index >= 15 is 0 Å². The lowest BCUT2D eigenvalue weighted by atomic mass is 9.46. The molecule has 1 saturated heterocycles. The maximum Gasteiger partial charge on any atom is 0.334 e. The van der Waals surface area contributed by atoms with Gasteiger partial charge < -0.3 is 4.74 Å². The van der Waals surface area contributed by atoms with E-state index in [1.165, 1.54) is 4.90 Å². The number of hydrogen-bond acceptors (Lipinski definition) is 5. The Bertz CT molecular complexity index is 1140. The highest BCUT2D eigenvalue weighted by atomic mass is 16.5. The lowest BCUT2D eigenvalue weighted by Gasteiger charge is -2.56. The molecule has 6 heteroatoms. The summed E-state index contributed by atoms with van der Waals surface area (Å²) < 4.78 is 5.53. The number of ketones is 2. The molecule has 32 heavy (non-hydrogen) atoms. The van der Waals surface area contributed by atoms with Crippen molar-refractivity contribution in [2.45, 2.75) is 25.3 Å². The maximum atomic E-state index is 14.2. The number of Topliss-reactive ketones (excluding diaryl/α,β-unsaturated/α-hetero) is 2. The Balaban J connectivity index is 1.86. The molecule has 4 atom stereocenters. The molecule has 0 radical (unpaired) electrons. The first-order valence-electron chi connectivity index (χ1n) is 10.9. The van der Waals surface area contributed by atoms with Gasteiger partial charge in [-0.05, 0) is 31.9 Å². The maximum absolute atomic E-state index is 14.2. The van der Waals surface area contributed by atoms with Crippen molar-refractivity contribution in [2.24, 2.45) is 17.3 Å². The van der Waals surface area contributed by atoms with Crippen LogP contribution in [0, 0.1) is 17.3 Å². The lowest BCUT2D eigenvalue weighted by molar-refractivity contribution is -0.162. The molecule has 6 nitrogen and oxygen atoms in total. The third-order valence-corrected chi connectivity index (χ3v) is 7.16. The second-order valence-corrected chi connectivity index (χ2v) is 8.47. The summed E-state index contributed by atoms with van der Waals surface area (Å²) in [5.74, 6) is -3.96. The van der Waals surface area contributed by atoms with Gasteiger partial charge in [-0.1, -0.05) is 60.7 Å². The first-order chi connectivity index (χ1) is 15.5. The minimum Gasteiger partial charge on any atom is -0.464 e. The van der Waals surface area contributed by atoms with Crippen molar-refractivity contribution in [2.75, 3.05) is 11.5 Å². The van der Waals surface area contributed by atoms with Gasteiger partial charge in [0, 0.05) is 23.1 Å². The molecule has 1 amide bonds. The average Bonchev–Trinajstić information content (AvgIpc) is 3.07. The molecule has 0 spiro atoms. The fraction of sp³-hybridized carbons (Fsp3) is 0.308. The molecule has 4 aliphatic rings. The van der Waals surface area contributed by atoms with E-state index < -0.39 is 46.2 Å². The predicted octanol–water partition coefficient (Wildman–Crippen LogP) is 3.37. The number of benzene rings is 2.